The van der Waals surface area contributed by atoms with Gasteiger partial charge in [-0.2, -0.15) is 0 Å². The van der Waals surface area contributed by atoms with Crippen LogP contribution in [0.3, 0.4) is 0 Å². The topological polar surface area (TPSA) is 53.2 Å². The largest absolute Gasteiger partial charge is 0.345 e. The second-order valence-corrected chi connectivity index (χ2v) is 15.4. The molecule has 0 bridgehead atoms. The van der Waals surface area contributed by atoms with E-state index in [2.05, 4.69) is 163 Å². The van der Waals surface area contributed by atoms with E-state index in [1.807, 2.05) is 36.4 Å². The summed E-state index contributed by atoms with van der Waals surface area (Å²) in [7, 11) is 0. The van der Waals surface area contributed by atoms with Crippen molar-refractivity contribution in [1.29, 1.82) is 5.41 Å². The van der Waals surface area contributed by atoms with E-state index < -0.39 is 0 Å². The van der Waals surface area contributed by atoms with E-state index in [1.54, 1.807) is 0 Å². The lowest BCUT2D eigenvalue weighted by molar-refractivity contribution is 0.663. The predicted octanol–water partition coefficient (Wildman–Crippen LogP) is 11.9. The normalized spacial score (nSPS) is 15.9. The maximum absolute atomic E-state index is 9.26. The molecule has 4 nitrogen and oxygen atoms in total. The highest BCUT2D eigenvalue weighted by atomic mass is 15.1. The van der Waals surface area contributed by atoms with Gasteiger partial charge in [0.05, 0.1) is 16.7 Å². The Morgan fingerprint density at radius 1 is 0.643 bits per heavy atom. The van der Waals surface area contributed by atoms with Crippen LogP contribution in [-0.4, -0.2) is 22.3 Å². The monoisotopic (exact) mass is 716 g/mol. The summed E-state index contributed by atoms with van der Waals surface area (Å²) < 4.78 is 2.44. The highest BCUT2D eigenvalue weighted by Crippen LogP contribution is 2.57. The lowest BCUT2D eigenvalue weighted by atomic mass is 9.77. The van der Waals surface area contributed by atoms with E-state index in [0.717, 1.165) is 39.2 Å². The third-order valence-corrected chi connectivity index (χ3v) is 11.9. The first-order valence-electron chi connectivity index (χ1n) is 19.2. The molecule has 0 spiro atoms. The van der Waals surface area contributed by atoms with Crippen LogP contribution in [0.1, 0.15) is 52.8 Å². The Labute approximate surface area is 325 Å². The Kier molecular flexibility index (Phi) is 6.99. The summed E-state index contributed by atoms with van der Waals surface area (Å²) in [5.41, 5.74) is 22.3. The van der Waals surface area contributed by atoms with Gasteiger partial charge in [-0.3, -0.25) is 10.4 Å². The van der Waals surface area contributed by atoms with Gasteiger partial charge in [-0.05, 0) is 104 Å². The summed E-state index contributed by atoms with van der Waals surface area (Å²) in [5, 5.41) is 17.7. The fourth-order valence-electron chi connectivity index (χ4n) is 9.46. The van der Waals surface area contributed by atoms with Crippen molar-refractivity contribution in [2.75, 3.05) is 0 Å². The van der Waals surface area contributed by atoms with Crippen molar-refractivity contribution >= 4 is 61.9 Å². The summed E-state index contributed by atoms with van der Waals surface area (Å²) in [6.07, 6.45) is 5.98. The number of benzene rings is 7. The summed E-state index contributed by atoms with van der Waals surface area (Å²) in [6.45, 7) is 4.76. The Balaban J connectivity index is 1.03. The highest BCUT2D eigenvalue weighted by Gasteiger charge is 2.42. The number of para-hydroxylation sites is 1. The maximum atomic E-state index is 9.26. The minimum atomic E-state index is -0.383. The Morgan fingerprint density at radius 3 is 2.04 bits per heavy atom. The van der Waals surface area contributed by atoms with E-state index in [4.69, 9.17) is 4.99 Å². The molecule has 264 valence electrons. The van der Waals surface area contributed by atoms with Crippen molar-refractivity contribution in [3.63, 3.8) is 0 Å². The van der Waals surface area contributed by atoms with Gasteiger partial charge in [0.15, 0.2) is 0 Å². The maximum Gasteiger partial charge on any atom is 0.147 e. The Bertz CT molecular complexity index is 3150. The van der Waals surface area contributed by atoms with Crippen molar-refractivity contribution in [2.24, 2.45) is 4.99 Å². The molecule has 56 heavy (non-hydrogen) atoms. The molecule has 1 unspecified atom stereocenters. The molecular weight excluding hydrogens is 681 g/mol. The number of aliphatic imine (C=N–C) groups is 1. The summed E-state index contributed by atoms with van der Waals surface area (Å²) >= 11 is 0. The third kappa shape index (κ3) is 4.68. The second kappa shape index (κ2) is 12.1. The standard InChI is InChI=1S/C52H36N4/c1-52(2)47-40-23-12-10-20-37(40)36-19-9-11-22-39(36)46(47)42-30-29-41-38-21-13-14-24-45(38)56(49(41)48(42)52)35-27-25-34(26-28-35)50(53)55-51-43(32-15-5-3-6-16-32)31-44(54-51)33-17-7-4-8-18-33/h3-9,11,13-31,51H,1-2H3,(H2,53,55). The number of hydrogen-bond donors (Lipinski definition) is 2. The van der Waals surface area contributed by atoms with Gasteiger partial charge in [0, 0.05) is 33.0 Å². The Morgan fingerprint density at radius 2 is 1.29 bits per heavy atom. The molecule has 0 fully saturated rings. The minimum absolute atomic E-state index is 0.301. The van der Waals surface area contributed by atoms with Crippen LogP contribution in [0.4, 0.5) is 0 Å². The molecule has 1 aromatic heterocycles. The van der Waals surface area contributed by atoms with Gasteiger partial charge in [0.25, 0.3) is 0 Å². The first-order chi connectivity index (χ1) is 27.5. The molecule has 2 heterocycles. The van der Waals surface area contributed by atoms with Gasteiger partial charge in [0.2, 0.25) is 0 Å². The average Bonchev–Trinajstić information content (AvgIpc) is 3.90. The van der Waals surface area contributed by atoms with E-state index in [0.29, 0.717) is 5.84 Å². The third-order valence-electron chi connectivity index (χ3n) is 11.9. The first kappa shape index (κ1) is 32.2. The number of fused-ring (bicyclic) bond motifs is 12. The molecule has 11 rings (SSSR count). The van der Waals surface area contributed by atoms with Crippen molar-refractivity contribution < 1.29 is 0 Å². The highest BCUT2D eigenvalue weighted by molar-refractivity contribution is 6.17. The number of amidine groups is 1. The molecule has 0 saturated carbocycles. The van der Waals surface area contributed by atoms with Gasteiger partial charge < -0.3 is 9.88 Å². The molecule has 1 aliphatic heterocycles. The van der Waals surface area contributed by atoms with Crippen LogP contribution in [0.2, 0.25) is 0 Å². The molecule has 2 N–H and O–H groups in total. The van der Waals surface area contributed by atoms with Gasteiger partial charge in [-0.25, -0.2) is 0 Å². The quantitative estimate of drug-likeness (QED) is 0.104. The second-order valence-electron chi connectivity index (χ2n) is 15.4. The number of rotatable bonds is 5. The smallest absolute Gasteiger partial charge is 0.147 e. The van der Waals surface area contributed by atoms with E-state index in [1.165, 1.54) is 60.4 Å². The number of nitrogens with one attached hydrogen (secondary N) is 2. The fourth-order valence-corrected chi connectivity index (χ4v) is 9.46. The first-order valence-corrected chi connectivity index (χ1v) is 19.2. The molecule has 0 amide bonds. The number of hydrogen-bond acceptors (Lipinski definition) is 2. The van der Waals surface area contributed by atoms with Crippen molar-refractivity contribution in [3.05, 3.63) is 202 Å². The van der Waals surface area contributed by atoms with Gasteiger partial charge in [-0.15, -0.1) is 0 Å². The fraction of sp³-hybridized carbons (Fsp3) is 0.0769. The number of aromatic nitrogens is 1. The molecule has 2 aliphatic carbocycles. The predicted molar refractivity (Wildman–Crippen MR) is 233 cm³/mol. The number of allylic oxidation sites excluding steroid dienone is 1. The van der Waals surface area contributed by atoms with Crippen molar-refractivity contribution in [2.45, 2.75) is 25.4 Å². The van der Waals surface area contributed by atoms with Crippen LogP contribution < -0.4 is 5.32 Å². The molecule has 8 aromatic rings. The van der Waals surface area contributed by atoms with Crippen LogP contribution in [0.5, 0.6) is 0 Å². The van der Waals surface area contributed by atoms with E-state index in [9.17, 15) is 5.41 Å². The van der Waals surface area contributed by atoms with Gasteiger partial charge >= 0.3 is 0 Å². The Hall–Kier alpha value is -7.22. The lowest BCUT2D eigenvalue weighted by Gasteiger charge is -2.26. The lowest BCUT2D eigenvalue weighted by Crippen LogP contribution is -2.33. The van der Waals surface area contributed by atoms with Gasteiger partial charge in [-0.1, -0.05) is 141 Å². The van der Waals surface area contributed by atoms with E-state index >= 15 is 0 Å². The summed E-state index contributed by atoms with van der Waals surface area (Å²) in [6, 6.07) is 51.2. The van der Waals surface area contributed by atoms with Crippen molar-refractivity contribution in [3.8, 4) is 16.8 Å². The van der Waals surface area contributed by atoms with Crippen LogP contribution >= 0.6 is 0 Å². The molecule has 3 aliphatic rings. The van der Waals surface area contributed by atoms with Crippen LogP contribution in [-0.2, 0) is 5.41 Å². The zero-order chi connectivity index (χ0) is 37.5. The zero-order valence-electron chi connectivity index (χ0n) is 31.1. The van der Waals surface area contributed by atoms with Crippen LogP contribution in [0.15, 0.2) is 168 Å². The SMILES string of the molecule is CC1(C)c2c3c(c4ccccc4c2-c2ccc4c5ccccc5n(-c5ccc(C(=N)NC6N=C(c7ccccc7)C=C6c6ccccc6)cc5)c4c21)C=C=C=C3. The molecule has 0 saturated heterocycles. The summed E-state index contributed by atoms with van der Waals surface area (Å²) in [4.78, 5) is 5.07. The van der Waals surface area contributed by atoms with Crippen LogP contribution in [0.25, 0.3) is 67.1 Å². The number of nitrogens with zero attached hydrogens (tertiary/aromatic N) is 2. The molecule has 4 heteroatoms. The van der Waals surface area contributed by atoms with Crippen molar-refractivity contribution in [1.82, 2.24) is 9.88 Å². The molecule has 7 aromatic carbocycles. The van der Waals surface area contributed by atoms with Gasteiger partial charge in [0.1, 0.15) is 12.0 Å². The zero-order valence-corrected chi connectivity index (χ0v) is 31.1. The van der Waals surface area contributed by atoms with Crippen LogP contribution in [0, 0.1) is 5.41 Å². The molecule has 0 radical (unpaired) electrons. The average molecular weight is 717 g/mol. The summed E-state index contributed by atoms with van der Waals surface area (Å²) in [5.74, 6) is 0.328. The minimum Gasteiger partial charge on any atom is -0.345 e. The molecular formula is C52H36N4. The van der Waals surface area contributed by atoms with E-state index in [-0.39, 0.29) is 11.6 Å². The molecule has 1 atom stereocenters.